The lowest BCUT2D eigenvalue weighted by Gasteiger charge is -2.25. The molecule has 0 unspecified atom stereocenters. The van der Waals surface area contributed by atoms with Gasteiger partial charge in [0.05, 0.1) is 11.2 Å². The van der Waals surface area contributed by atoms with Gasteiger partial charge in [-0.25, -0.2) is 0 Å². The maximum atomic E-state index is 12.4. The molecule has 0 aromatic carbocycles. The van der Waals surface area contributed by atoms with Crippen LogP contribution in [0.15, 0.2) is 6.20 Å². The van der Waals surface area contributed by atoms with Crippen molar-refractivity contribution in [2.45, 2.75) is 45.2 Å². The molecule has 2 N–H and O–H groups in total. The summed E-state index contributed by atoms with van der Waals surface area (Å²) in [7, 11) is 0. The average Bonchev–Trinajstić information content (AvgIpc) is 2.70. The Morgan fingerprint density at radius 2 is 2.18 bits per heavy atom. The molecule has 0 bridgehead atoms. The quantitative estimate of drug-likeness (QED) is 0.843. The van der Waals surface area contributed by atoms with E-state index in [1.807, 2.05) is 6.92 Å². The molecule has 0 spiro atoms. The van der Waals surface area contributed by atoms with Crippen LogP contribution in [-0.2, 0) is 6.54 Å². The van der Waals surface area contributed by atoms with Gasteiger partial charge in [0.25, 0.3) is 0 Å². The molecule has 0 amide bonds. The molecule has 1 heterocycles. The minimum atomic E-state index is 0.0642. The van der Waals surface area contributed by atoms with Gasteiger partial charge in [-0.3, -0.25) is 9.48 Å². The first-order chi connectivity index (χ1) is 8.13. The lowest BCUT2D eigenvalue weighted by atomic mass is 9.83. The van der Waals surface area contributed by atoms with Crippen LogP contribution in [-0.4, -0.2) is 21.6 Å². The lowest BCUT2D eigenvalue weighted by molar-refractivity contribution is 0.0873. The molecule has 0 aliphatic heterocycles. The Balaban J connectivity index is 2.16. The minimum Gasteiger partial charge on any atom is -0.328 e. The topological polar surface area (TPSA) is 60.9 Å². The molecule has 1 aromatic heterocycles. The number of hydrogen-bond acceptors (Lipinski definition) is 3. The largest absolute Gasteiger partial charge is 0.328 e. The van der Waals surface area contributed by atoms with Crippen molar-refractivity contribution in [2.75, 3.05) is 0 Å². The molecule has 1 aromatic rings. The monoisotopic (exact) mass is 255 g/mol. The first-order valence-electron chi connectivity index (χ1n) is 6.14. The zero-order valence-electron chi connectivity index (χ0n) is 10.0. The normalized spacial score (nSPS) is 24.9. The second kappa shape index (κ2) is 5.19. The molecule has 0 saturated heterocycles. The van der Waals surface area contributed by atoms with Crippen molar-refractivity contribution in [2.24, 2.45) is 11.7 Å². The Morgan fingerprint density at radius 3 is 2.76 bits per heavy atom. The fourth-order valence-corrected chi connectivity index (χ4v) is 2.66. The van der Waals surface area contributed by atoms with Gasteiger partial charge in [-0.2, -0.15) is 5.10 Å². The minimum absolute atomic E-state index is 0.0642. The maximum Gasteiger partial charge on any atom is 0.185 e. The Hall–Kier alpha value is -0.870. The molecule has 1 aliphatic carbocycles. The van der Waals surface area contributed by atoms with Gasteiger partial charge >= 0.3 is 0 Å². The van der Waals surface area contributed by atoms with Crippen LogP contribution in [0.2, 0.25) is 5.02 Å². The number of aromatic nitrogens is 2. The van der Waals surface area contributed by atoms with E-state index in [2.05, 4.69) is 5.10 Å². The Bertz CT molecular complexity index is 408. The number of nitrogens with two attached hydrogens (primary N) is 1. The van der Waals surface area contributed by atoms with Crippen molar-refractivity contribution >= 4 is 17.4 Å². The summed E-state index contributed by atoms with van der Waals surface area (Å²) >= 11 is 6.04. The zero-order valence-corrected chi connectivity index (χ0v) is 10.8. The highest BCUT2D eigenvalue weighted by molar-refractivity contribution is 6.33. The van der Waals surface area contributed by atoms with E-state index in [0.717, 1.165) is 25.7 Å². The van der Waals surface area contributed by atoms with Gasteiger partial charge in [0.2, 0.25) is 0 Å². The van der Waals surface area contributed by atoms with E-state index in [-0.39, 0.29) is 17.7 Å². The van der Waals surface area contributed by atoms with Crippen LogP contribution in [0.3, 0.4) is 0 Å². The summed E-state index contributed by atoms with van der Waals surface area (Å²) in [6.45, 7) is 2.62. The van der Waals surface area contributed by atoms with Gasteiger partial charge in [0.1, 0.15) is 5.69 Å². The van der Waals surface area contributed by atoms with Gasteiger partial charge in [0, 0.05) is 18.5 Å². The summed E-state index contributed by atoms with van der Waals surface area (Å²) in [6, 6.07) is 0.255. The van der Waals surface area contributed by atoms with Crippen LogP contribution < -0.4 is 5.73 Å². The van der Waals surface area contributed by atoms with Crippen molar-refractivity contribution in [3.63, 3.8) is 0 Å². The van der Waals surface area contributed by atoms with Crippen molar-refractivity contribution in [3.05, 3.63) is 16.9 Å². The van der Waals surface area contributed by atoms with Crippen LogP contribution in [0.25, 0.3) is 0 Å². The number of carbonyl (C=O) groups excluding carboxylic acids is 1. The molecular weight excluding hydrogens is 238 g/mol. The van der Waals surface area contributed by atoms with Gasteiger partial charge in [-0.05, 0) is 32.6 Å². The summed E-state index contributed by atoms with van der Waals surface area (Å²) in [4.78, 5) is 12.4. The second-order valence-electron chi connectivity index (χ2n) is 4.63. The summed E-state index contributed by atoms with van der Waals surface area (Å²) in [5.74, 6) is 0.190. The number of aryl methyl sites for hydroxylation is 1. The highest BCUT2D eigenvalue weighted by Crippen LogP contribution is 2.28. The standard InChI is InChI=1S/C12H18ClN3O/c1-2-16-11(10(13)7-15-16)12(17)8-3-5-9(14)6-4-8/h7-9H,2-6,14H2,1H3. The van der Waals surface area contributed by atoms with E-state index in [4.69, 9.17) is 17.3 Å². The van der Waals surface area contributed by atoms with Gasteiger partial charge < -0.3 is 5.73 Å². The van der Waals surface area contributed by atoms with Crippen molar-refractivity contribution in [1.82, 2.24) is 9.78 Å². The van der Waals surface area contributed by atoms with Crippen LogP contribution in [0.5, 0.6) is 0 Å². The van der Waals surface area contributed by atoms with E-state index in [1.54, 1.807) is 10.9 Å². The van der Waals surface area contributed by atoms with Crippen LogP contribution in [0, 0.1) is 5.92 Å². The maximum absolute atomic E-state index is 12.4. The van der Waals surface area contributed by atoms with E-state index in [9.17, 15) is 4.79 Å². The fourth-order valence-electron chi connectivity index (χ4n) is 2.42. The van der Waals surface area contributed by atoms with Gasteiger partial charge in [-0.1, -0.05) is 11.6 Å². The average molecular weight is 256 g/mol. The van der Waals surface area contributed by atoms with Crippen LogP contribution in [0.4, 0.5) is 0 Å². The predicted octanol–water partition coefficient (Wildman–Crippen LogP) is 2.26. The molecule has 0 atom stereocenters. The van der Waals surface area contributed by atoms with E-state index < -0.39 is 0 Å². The molecule has 0 radical (unpaired) electrons. The number of hydrogen-bond donors (Lipinski definition) is 1. The Labute approximate surface area is 106 Å². The van der Waals surface area contributed by atoms with Gasteiger partial charge in [-0.15, -0.1) is 0 Å². The number of halogens is 1. The highest BCUT2D eigenvalue weighted by atomic mass is 35.5. The van der Waals surface area contributed by atoms with Crippen LogP contribution in [0.1, 0.15) is 43.1 Å². The Morgan fingerprint density at radius 1 is 1.53 bits per heavy atom. The zero-order chi connectivity index (χ0) is 12.4. The molecule has 17 heavy (non-hydrogen) atoms. The van der Waals surface area contributed by atoms with E-state index in [0.29, 0.717) is 17.3 Å². The smallest absolute Gasteiger partial charge is 0.185 e. The number of Topliss-reactive ketones (excluding diaryl/α,β-unsaturated/α-hetero) is 1. The summed E-state index contributed by atoms with van der Waals surface area (Å²) in [6.07, 6.45) is 5.13. The predicted molar refractivity (Wildman–Crippen MR) is 67.2 cm³/mol. The molecule has 1 fully saturated rings. The van der Waals surface area contributed by atoms with Crippen molar-refractivity contribution in [1.29, 1.82) is 0 Å². The van der Waals surface area contributed by atoms with Crippen molar-refractivity contribution in [3.8, 4) is 0 Å². The third kappa shape index (κ3) is 2.53. The molecule has 5 heteroatoms. The fraction of sp³-hybridized carbons (Fsp3) is 0.667. The number of carbonyl (C=O) groups is 1. The number of nitrogens with zero attached hydrogens (tertiary/aromatic N) is 2. The van der Waals surface area contributed by atoms with Gasteiger partial charge in [0.15, 0.2) is 5.78 Å². The third-order valence-corrected chi connectivity index (χ3v) is 3.75. The SMILES string of the molecule is CCn1ncc(Cl)c1C(=O)C1CCC(N)CC1. The first kappa shape index (κ1) is 12.6. The first-order valence-corrected chi connectivity index (χ1v) is 6.52. The van der Waals surface area contributed by atoms with Crippen LogP contribution >= 0.6 is 11.6 Å². The second-order valence-corrected chi connectivity index (χ2v) is 5.04. The number of rotatable bonds is 3. The third-order valence-electron chi connectivity index (χ3n) is 3.47. The molecular formula is C12H18ClN3O. The highest BCUT2D eigenvalue weighted by Gasteiger charge is 2.28. The summed E-state index contributed by atoms with van der Waals surface area (Å²) in [5.41, 5.74) is 6.41. The lowest BCUT2D eigenvalue weighted by Crippen LogP contribution is -2.30. The summed E-state index contributed by atoms with van der Waals surface area (Å²) in [5, 5.41) is 4.57. The molecule has 2 rings (SSSR count). The van der Waals surface area contributed by atoms with Crippen molar-refractivity contribution < 1.29 is 4.79 Å². The molecule has 94 valence electrons. The molecule has 1 saturated carbocycles. The van der Waals surface area contributed by atoms with E-state index in [1.165, 1.54) is 0 Å². The molecule has 1 aliphatic rings. The van der Waals surface area contributed by atoms with E-state index >= 15 is 0 Å². The Kier molecular flexibility index (Phi) is 3.84. The summed E-state index contributed by atoms with van der Waals surface area (Å²) < 4.78 is 1.68. The molecule has 4 nitrogen and oxygen atoms in total. The number of ketones is 1.